The predicted octanol–water partition coefficient (Wildman–Crippen LogP) is 1.78. The van der Waals surface area contributed by atoms with Crippen LogP contribution in [-0.4, -0.2) is 38.9 Å². The zero-order chi connectivity index (χ0) is 21.7. The fourth-order valence-corrected chi connectivity index (χ4v) is 3.65. The number of carbonyl (C=O) groups is 1. The van der Waals surface area contributed by atoms with Crippen LogP contribution >= 0.6 is 0 Å². The second-order valence-electron chi connectivity index (χ2n) is 7.11. The van der Waals surface area contributed by atoms with E-state index >= 15 is 0 Å². The molecule has 0 aromatic heterocycles. The zero-order valence-electron chi connectivity index (χ0n) is 16.1. The van der Waals surface area contributed by atoms with Crippen LogP contribution in [0.15, 0.2) is 48.5 Å². The van der Waals surface area contributed by atoms with E-state index in [0.29, 0.717) is 5.56 Å². The van der Waals surface area contributed by atoms with E-state index < -0.39 is 23.0 Å². The second-order valence-corrected chi connectivity index (χ2v) is 7.11. The molecule has 0 heterocycles. The van der Waals surface area contributed by atoms with Gasteiger partial charge in [0.05, 0.1) is 23.7 Å². The molecule has 0 saturated heterocycles. The minimum Gasteiger partial charge on any atom is -0.395 e. The van der Waals surface area contributed by atoms with E-state index in [1.165, 1.54) is 35.8 Å². The molecule has 1 amide bonds. The molecular weight excluding hydrogens is 390 g/mol. The van der Waals surface area contributed by atoms with Crippen molar-refractivity contribution in [3.05, 3.63) is 80.9 Å². The predicted molar refractivity (Wildman–Crippen MR) is 109 cm³/mol. The van der Waals surface area contributed by atoms with Crippen LogP contribution < -0.4 is 10.8 Å². The van der Waals surface area contributed by atoms with Gasteiger partial charge in [-0.15, -0.1) is 0 Å². The van der Waals surface area contributed by atoms with Crippen LogP contribution in [-0.2, 0) is 11.2 Å². The Bertz CT molecular complexity index is 944. The van der Waals surface area contributed by atoms with Crippen molar-refractivity contribution in [3.63, 3.8) is 0 Å². The number of aryl methyl sites for hydroxylation is 1. The molecule has 0 aliphatic heterocycles. The van der Waals surface area contributed by atoms with Gasteiger partial charge in [-0.05, 0) is 53.3 Å². The number of fused-ring (bicyclic) bond motifs is 1. The molecule has 9 nitrogen and oxygen atoms in total. The van der Waals surface area contributed by atoms with Gasteiger partial charge >= 0.3 is 0 Å². The molecule has 5 N–H and O–H groups in total. The third-order valence-electron chi connectivity index (χ3n) is 5.22. The van der Waals surface area contributed by atoms with Gasteiger partial charge < -0.3 is 15.5 Å². The van der Waals surface area contributed by atoms with Crippen LogP contribution in [0.5, 0.6) is 0 Å². The van der Waals surface area contributed by atoms with Gasteiger partial charge in [0.1, 0.15) is 0 Å². The molecule has 3 rings (SSSR count). The Labute approximate surface area is 172 Å². The first-order valence-corrected chi connectivity index (χ1v) is 9.47. The maximum absolute atomic E-state index is 11.1. The fraction of sp³-hybridized carbons (Fsp3) is 0.286. The number of benzene rings is 2. The normalized spacial score (nSPS) is 17.5. The van der Waals surface area contributed by atoms with Crippen molar-refractivity contribution in [1.82, 2.24) is 10.8 Å². The summed E-state index contributed by atoms with van der Waals surface area (Å²) < 4.78 is 0. The van der Waals surface area contributed by atoms with E-state index in [0.717, 1.165) is 29.5 Å². The highest BCUT2D eigenvalue weighted by atomic mass is 16.6. The Kier molecular flexibility index (Phi) is 6.91. The first-order valence-electron chi connectivity index (χ1n) is 9.47. The highest BCUT2D eigenvalue weighted by Crippen LogP contribution is 2.33. The molecule has 3 atom stereocenters. The van der Waals surface area contributed by atoms with Crippen LogP contribution in [0, 0.1) is 10.1 Å². The highest BCUT2D eigenvalue weighted by Gasteiger charge is 2.28. The number of aliphatic hydroxyl groups is 2. The number of nitrogens with one attached hydrogen (secondary N) is 2. The van der Waals surface area contributed by atoms with E-state index in [9.17, 15) is 25.1 Å². The Balaban J connectivity index is 1.71. The molecule has 30 heavy (non-hydrogen) atoms. The summed E-state index contributed by atoms with van der Waals surface area (Å²) in [5.74, 6) is -0.610. The Morgan fingerprint density at radius 3 is 2.63 bits per heavy atom. The van der Waals surface area contributed by atoms with Gasteiger partial charge in [0.25, 0.3) is 11.6 Å². The van der Waals surface area contributed by atoms with Crippen LogP contribution in [0.4, 0.5) is 5.69 Å². The summed E-state index contributed by atoms with van der Waals surface area (Å²) in [6.07, 6.45) is 3.38. The summed E-state index contributed by atoms with van der Waals surface area (Å²) in [6.45, 7) is -0.304. The number of hydroxylamine groups is 1. The average molecular weight is 413 g/mol. The van der Waals surface area contributed by atoms with Gasteiger partial charge in [-0.25, -0.2) is 5.48 Å². The van der Waals surface area contributed by atoms with E-state index in [-0.39, 0.29) is 18.3 Å². The number of nitro groups is 1. The quantitative estimate of drug-likeness (QED) is 0.192. The summed E-state index contributed by atoms with van der Waals surface area (Å²) in [5, 5.41) is 43.1. The lowest BCUT2D eigenvalue weighted by Gasteiger charge is -2.26. The smallest absolute Gasteiger partial charge is 0.269 e. The number of non-ortho nitro benzene ring substituents is 1. The van der Waals surface area contributed by atoms with E-state index in [4.69, 9.17) is 5.21 Å². The molecule has 0 radical (unpaired) electrons. The van der Waals surface area contributed by atoms with Gasteiger partial charge in [0.2, 0.25) is 0 Å². The molecule has 0 bridgehead atoms. The SMILES string of the molecule is O=C(C=Cc1ccc2c(c1)CCC2NC(CO)C(O)c1ccc([N+](=O)[O-])cc1)NO. The molecule has 2 aromatic carbocycles. The molecule has 2 aromatic rings. The standard InChI is InChI=1S/C21H23N3O6/c25-12-19(21(27)14-3-6-16(7-4-14)24(29)30)22-18-9-5-15-11-13(1-8-17(15)18)2-10-20(26)23-28/h1-4,6-8,10-11,18-19,21-22,25,27-28H,5,9,12H2,(H,23,26). The van der Waals surface area contributed by atoms with Gasteiger partial charge in [0, 0.05) is 24.3 Å². The summed E-state index contributed by atoms with van der Waals surface area (Å²) in [7, 11) is 0. The summed E-state index contributed by atoms with van der Waals surface area (Å²) in [5.41, 5.74) is 4.92. The van der Waals surface area contributed by atoms with Gasteiger partial charge in [-0.1, -0.05) is 18.2 Å². The average Bonchev–Trinajstić information content (AvgIpc) is 3.17. The van der Waals surface area contributed by atoms with Crippen molar-refractivity contribution in [2.75, 3.05) is 6.61 Å². The summed E-state index contributed by atoms with van der Waals surface area (Å²) in [4.78, 5) is 21.4. The molecule has 0 spiro atoms. The molecule has 3 unspecified atom stereocenters. The monoisotopic (exact) mass is 413 g/mol. The highest BCUT2D eigenvalue weighted by molar-refractivity contribution is 5.90. The molecule has 0 saturated carbocycles. The molecule has 0 fully saturated rings. The maximum Gasteiger partial charge on any atom is 0.269 e. The van der Waals surface area contributed by atoms with Crippen molar-refractivity contribution in [2.45, 2.75) is 31.0 Å². The van der Waals surface area contributed by atoms with E-state index in [1.807, 2.05) is 18.2 Å². The van der Waals surface area contributed by atoms with Crippen LogP contribution in [0.3, 0.4) is 0 Å². The Morgan fingerprint density at radius 1 is 1.27 bits per heavy atom. The first kappa shape index (κ1) is 21.6. The number of amides is 1. The largest absolute Gasteiger partial charge is 0.395 e. The number of hydrogen-bond donors (Lipinski definition) is 5. The Morgan fingerprint density at radius 2 is 2.00 bits per heavy atom. The van der Waals surface area contributed by atoms with Gasteiger partial charge in [-0.3, -0.25) is 20.1 Å². The number of nitrogens with zero attached hydrogens (tertiary/aromatic N) is 1. The van der Waals surface area contributed by atoms with Crippen molar-refractivity contribution in [3.8, 4) is 0 Å². The van der Waals surface area contributed by atoms with Crippen molar-refractivity contribution >= 4 is 17.7 Å². The number of rotatable bonds is 8. The van der Waals surface area contributed by atoms with Gasteiger partial charge in [0.15, 0.2) is 0 Å². The lowest BCUT2D eigenvalue weighted by Crippen LogP contribution is -2.39. The number of nitro benzene ring substituents is 1. The Hall–Kier alpha value is -3.11. The fourth-order valence-electron chi connectivity index (χ4n) is 3.65. The topological polar surface area (TPSA) is 145 Å². The minimum absolute atomic E-state index is 0.0644. The lowest BCUT2D eigenvalue weighted by atomic mass is 9.99. The van der Waals surface area contributed by atoms with Crippen molar-refractivity contribution in [1.29, 1.82) is 0 Å². The van der Waals surface area contributed by atoms with Crippen LogP contribution in [0.25, 0.3) is 6.08 Å². The number of carbonyl (C=O) groups excluding carboxylic acids is 1. The van der Waals surface area contributed by atoms with Crippen LogP contribution in [0.1, 0.15) is 40.8 Å². The van der Waals surface area contributed by atoms with E-state index in [2.05, 4.69) is 5.32 Å². The van der Waals surface area contributed by atoms with Gasteiger partial charge in [-0.2, -0.15) is 0 Å². The number of hydrogen-bond acceptors (Lipinski definition) is 7. The number of aliphatic hydroxyl groups excluding tert-OH is 2. The summed E-state index contributed by atoms with van der Waals surface area (Å²) in [6, 6.07) is 10.6. The zero-order valence-corrected chi connectivity index (χ0v) is 16.1. The van der Waals surface area contributed by atoms with Crippen molar-refractivity contribution in [2.24, 2.45) is 0 Å². The molecule has 1 aliphatic rings. The second kappa shape index (κ2) is 9.59. The van der Waals surface area contributed by atoms with E-state index in [1.54, 1.807) is 6.08 Å². The minimum atomic E-state index is -1.03. The van der Waals surface area contributed by atoms with Crippen LogP contribution in [0.2, 0.25) is 0 Å². The molecule has 1 aliphatic carbocycles. The molecule has 158 valence electrons. The first-order chi connectivity index (χ1) is 14.4. The third kappa shape index (κ3) is 4.89. The summed E-state index contributed by atoms with van der Waals surface area (Å²) >= 11 is 0. The third-order valence-corrected chi connectivity index (χ3v) is 5.22. The molecule has 9 heteroatoms. The van der Waals surface area contributed by atoms with Crippen molar-refractivity contribution < 1.29 is 25.1 Å². The lowest BCUT2D eigenvalue weighted by molar-refractivity contribution is -0.384. The molecular formula is C21H23N3O6. The maximum atomic E-state index is 11.1.